The lowest BCUT2D eigenvalue weighted by Gasteiger charge is -2.14. The van der Waals surface area contributed by atoms with Crippen molar-refractivity contribution < 1.29 is 14.2 Å². The molecule has 0 aromatic heterocycles. The monoisotopic (exact) mass is 370 g/mol. The Kier molecular flexibility index (Phi) is 5.16. The molecule has 0 unspecified atom stereocenters. The minimum absolute atomic E-state index is 0.558. The van der Waals surface area contributed by atoms with Crippen LogP contribution in [0.3, 0.4) is 0 Å². The van der Waals surface area contributed by atoms with Crippen LogP contribution in [-0.4, -0.2) is 14.2 Å². The highest BCUT2D eigenvalue weighted by Crippen LogP contribution is 2.39. The van der Waals surface area contributed by atoms with E-state index in [1.165, 1.54) is 0 Å². The predicted octanol–water partition coefficient (Wildman–Crippen LogP) is 6.10. The first kappa shape index (κ1) is 17.9. The van der Waals surface area contributed by atoms with Gasteiger partial charge in [0.25, 0.3) is 0 Å². The number of benzene rings is 4. The van der Waals surface area contributed by atoms with E-state index >= 15 is 0 Å². The Hall–Kier alpha value is -3.46. The second-order valence-corrected chi connectivity index (χ2v) is 6.54. The Labute approximate surface area is 165 Å². The van der Waals surface area contributed by atoms with Crippen LogP contribution < -0.4 is 14.2 Å². The smallest absolute Gasteiger partial charge is 0.130 e. The van der Waals surface area contributed by atoms with Gasteiger partial charge in [0.2, 0.25) is 0 Å². The summed E-state index contributed by atoms with van der Waals surface area (Å²) in [6.45, 7) is 0.558. The minimum atomic E-state index is 0.558. The summed E-state index contributed by atoms with van der Waals surface area (Å²) in [6, 6.07) is 28.5. The van der Waals surface area contributed by atoms with Crippen molar-refractivity contribution in [3.63, 3.8) is 0 Å². The van der Waals surface area contributed by atoms with Gasteiger partial charge in [-0.05, 0) is 52.2 Å². The molecule has 0 amide bonds. The molecule has 28 heavy (non-hydrogen) atoms. The summed E-state index contributed by atoms with van der Waals surface area (Å²) in [7, 11) is 3.35. The molecule has 0 atom stereocenters. The lowest BCUT2D eigenvalue weighted by molar-refractivity contribution is 0.306. The van der Waals surface area contributed by atoms with E-state index in [0.717, 1.165) is 44.7 Å². The quantitative estimate of drug-likeness (QED) is 0.410. The second kappa shape index (κ2) is 8.05. The van der Waals surface area contributed by atoms with Crippen LogP contribution >= 0.6 is 0 Å². The third kappa shape index (κ3) is 3.65. The minimum Gasteiger partial charge on any atom is -0.496 e. The highest BCUT2D eigenvalue weighted by atomic mass is 16.5. The molecule has 0 saturated heterocycles. The van der Waals surface area contributed by atoms with Crippen molar-refractivity contribution in [2.75, 3.05) is 14.2 Å². The summed E-state index contributed by atoms with van der Waals surface area (Å²) in [5.74, 6) is 2.45. The second-order valence-electron chi connectivity index (χ2n) is 6.54. The molecule has 0 N–H and O–H groups in total. The molecule has 4 aromatic carbocycles. The van der Waals surface area contributed by atoms with Crippen LogP contribution in [0.1, 0.15) is 5.56 Å². The lowest BCUT2D eigenvalue weighted by atomic mass is 9.99. The topological polar surface area (TPSA) is 27.7 Å². The Bertz CT molecular complexity index is 1070. The first-order valence-electron chi connectivity index (χ1n) is 9.20. The molecule has 3 nitrogen and oxygen atoms in total. The van der Waals surface area contributed by atoms with Crippen molar-refractivity contribution in [2.24, 2.45) is 0 Å². The fraction of sp³-hybridized carbons (Fsp3) is 0.120. The molecule has 4 rings (SSSR count). The molecular formula is C25H22O3. The summed E-state index contributed by atoms with van der Waals surface area (Å²) >= 11 is 0. The summed E-state index contributed by atoms with van der Waals surface area (Å²) in [5, 5.41) is 2.26. The van der Waals surface area contributed by atoms with Crippen LogP contribution in [0, 0.1) is 0 Å². The van der Waals surface area contributed by atoms with Gasteiger partial charge in [0.05, 0.1) is 19.8 Å². The van der Waals surface area contributed by atoms with Crippen LogP contribution in [0.5, 0.6) is 17.2 Å². The standard InChI is InChI=1S/C25H22O3/c1-26-23-9-6-10-24(27-2)25(23)21-12-11-20-16-22(14-13-19(20)15-21)28-17-18-7-4-3-5-8-18/h3-16H,17H2,1-2H3. The number of hydrogen-bond donors (Lipinski definition) is 0. The lowest BCUT2D eigenvalue weighted by Crippen LogP contribution is -1.95. The molecule has 0 fully saturated rings. The Morgan fingerprint density at radius 3 is 2.04 bits per heavy atom. The largest absolute Gasteiger partial charge is 0.496 e. The number of methoxy groups -OCH3 is 2. The molecule has 3 heteroatoms. The maximum absolute atomic E-state index is 5.95. The van der Waals surface area contributed by atoms with Crippen molar-refractivity contribution in [1.29, 1.82) is 0 Å². The fourth-order valence-corrected chi connectivity index (χ4v) is 3.35. The number of fused-ring (bicyclic) bond motifs is 1. The zero-order valence-electron chi connectivity index (χ0n) is 16.0. The molecule has 140 valence electrons. The van der Waals surface area contributed by atoms with E-state index in [4.69, 9.17) is 14.2 Å². The van der Waals surface area contributed by atoms with Gasteiger partial charge in [-0.2, -0.15) is 0 Å². The number of hydrogen-bond acceptors (Lipinski definition) is 3. The number of ether oxygens (including phenoxy) is 3. The zero-order chi connectivity index (χ0) is 19.3. The normalized spacial score (nSPS) is 10.6. The van der Waals surface area contributed by atoms with Gasteiger partial charge in [-0.3, -0.25) is 0 Å². The predicted molar refractivity (Wildman–Crippen MR) is 113 cm³/mol. The van der Waals surface area contributed by atoms with E-state index in [0.29, 0.717) is 6.61 Å². The third-order valence-corrected chi connectivity index (χ3v) is 4.78. The molecule has 0 aliphatic carbocycles. The first-order chi connectivity index (χ1) is 13.8. The van der Waals surface area contributed by atoms with Crippen molar-refractivity contribution in [3.05, 3.63) is 90.5 Å². The summed E-state index contributed by atoms with van der Waals surface area (Å²) in [5.41, 5.74) is 3.17. The maximum atomic E-state index is 5.95. The molecule has 0 saturated carbocycles. The molecule has 0 spiro atoms. The van der Waals surface area contributed by atoms with E-state index in [1.54, 1.807) is 14.2 Å². The van der Waals surface area contributed by atoms with Crippen LogP contribution in [0.15, 0.2) is 84.9 Å². The Balaban J connectivity index is 1.64. The van der Waals surface area contributed by atoms with Crippen LogP contribution in [0.25, 0.3) is 21.9 Å². The van der Waals surface area contributed by atoms with Crippen molar-refractivity contribution >= 4 is 10.8 Å². The van der Waals surface area contributed by atoms with Crippen LogP contribution in [0.4, 0.5) is 0 Å². The van der Waals surface area contributed by atoms with E-state index < -0.39 is 0 Å². The van der Waals surface area contributed by atoms with Gasteiger partial charge in [-0.15, -0.1) is 0 Å². The highest BCUT2D eigenvalue weighted by molar-refractivity contribution is 5.90. The van der Waals surface area contributed by atoms with E-state index in [9.17, 15) is 0 Å². The van der Waals surface area contributed by atoms with Crippen molar-refractivity contribution in [2.45, 2.75) is 6.61 Å². The van der Waals surface area contributed by atoms with Gasteiger partial charge in [-0.1, -0.05) is 54.6 Å². The highest BCUT2D eigenvalue weighted by Gasteiger charge is 2.12. The van der Waals surface area contributed by atoms with Gasteiger partial charge >= 0.3 is 0 Å². The molecule has 4 aromatic rings. The summed E-state index contributed by atoms with van der Waals surface area (Å²) < 4.78 is 17.0. The maximum Gasteiger partial charge on any atom is 0.130 e. The molecule has 0 aliphatic rings. The van der Waals surface area contributed by atoms with Crippen LogP contribution in [0.2, 0.25) is 0 Å². The van der Waals surface area contributed by atoms with Crippen molar-refractivity contribution in [1.82, 2.24) is 0 Å². The average Bonchev–Trinajstić information content (AvgIpc) is 2.77. The van der Waals surface area contributed by atoms with Gasteiger partial charge in [0.1, 0.15) is 23.9 Å². The summed E-state index contributed by atoms with van der Waals surface area (Å²) in [4.78, 5) is 0. The first-order valence-corrected chi connectivity index (χ1v) is 9.20. The SMILES string of the molecule is COc1cccc(OC)c1-c1ccc2cc(OCc3ccccc3)ccc2c1. The van der Waals surface area contributed by atoms with Gasteiger partial charge in [0, 0.05) is 0 Å². The third-order valence-electron chi connectivity index (χ3n) is 4.78. The Morgan fingerprint density at radius 2 is 1.32 bits per heavy atom. The molecule has 0 radical (unpaired) electrons. The Morgan fingerprint density at radius 1 is 0.643 bits per heavy atom. The van der Waals surface area contributed by atoms with E-state index in [1.807, 2.05) is 42.5 Å². The van der Waals surface area contributed by atoms with E-state index in [2.05, 4.69) is 42.5 Å². The molecule has 0 bridgehead atoms. The number of rotatable bonds is 6. The zero-order valence-corrected chi connectivity index (χ0v) is 16.0. The van der Waals surface area contributed by atoms with E-state index in [-0.39, 0.29) is 0 Å². The van der Waals surface area contributed by atoms with Gasteiger partial charge < -0.3 is 14.2 Å². The molecule has 0 aliphatic heterocycles. The van der Waals surface area contributed by atoms with Crippen molar-refractivity contribution in [3.8, 4) is 28.4 Å². The molecule has 0 heterocycles. The van der Waals surface area contributed by atoms with Crippen LogP contribution in [-0.2, 0) is 6.61 Å². The summed E-state index contributed by atoms with van der Waals surface area (Å²) in [6.07, 6.45) is 0. The average molecular weight is 370 g/mol. The van der Waals surface area contributed by atoms with Gasteiger partial charge in [-0.25, -0.2) is 0 Å². The van der Waals surface area contributed by atoms with Gasteiger partial charge in [0.15, 0.2) is 0 Å². The molecular weight excluding hydrogens is 348 g/mol. The fourth-order valence-electron chi connectivity index (χ4n) is 3.35.